The predicted molar refractivity (Wildman–Crippen MR) is 125 cm³/mol. The summed E-state index contributed by atoms with van der Waals surface area (Å²) in [7, 11) is 0. The second-order valence-corrected chi connectivity index (χ2v) is 8.26. The molecule has 3 rings (SSSR count). The lowest BCUT2D eigenvalue weighted by atomic mass is 9.95. The van der Waals surface area contributed by atoms with Crippen LogP contribution in [-0.2, 0) is 9.59 Å². The molecule has 0 radical (unpaired) electrons. The highest BCUT2D eigenvalue weighted by Crippen LogP contribution is 2.39. The topological polar surface area (TPSA) is 70.1 Å². The normalized spacial score (nSPS) is 17.9. The lowest BCUT2D eigenvalue weighted by Crippen LogP contribution is -2.38. The van der Waals surface area contributed by atoms with Gasteiger partial charge in [0.1, 0.15) is 17.3 Å². The minimum Gasteiger partial charge on any atom is -0.507 e. The Kier molecular flexibility index (Phi) is 7.87. The van der Waals surface area contributed by atoms with Crippen molar-refractivity contribution in [3.63, 3.8) is 0 Å². The highest BCUT2D eigenvalue weighted by molar-refractivity contribution is 6.46. The standard InChI is InChI=1S/C26H31FN2O4/c1-5-28(6-2)15-16-29-23(18-7-11-20(27)12-8-18)22(25(31)26(29)32)24(30)19-9-13-21(14-10-19)33-17(3)4/h7-14,17,23,30H,5-6,15-16H2,1-4H3/b24-22+/t23-/m1/s1. The molecule has 1 aliphatic rings. The van der Waals surface area contributed by atoms with E-state index in [4.69, 9.17) is 4.74 Å². The van der Waals surface area contributed by atoms with Gasteiger partial charge in [-0.05, 0) is 68.9 Å². The molecule has 1 heterocycles. The summed E-state index contributed by atoms with van der Waals surface area (Å²) >= 11 is 0. The number of Topliss-reactive ketones (excluding diaryl/α,β-unsaturated/α-hetero) is 1. The van der Waals surface area contributed by atoms with Crippen LogP contribution in [0.1, 0.15) is 44.9 Å². The van der Waals surface area contributed by atoms with E-state index in [0.29, 0.717) is 30.0 Å². The number of aliphatic hydroxyl groups is 1. The number of rotatable bonds is 9. The van der Waals surface area contributed by atoms with Crippen LogP contribution in [0, 0.1) is 5.82 Å². The summed E-state index contributed by atoms with van der Waals surface area (Å²) in [6, 6.07) is 11.6. The summed E-state index contributed by atoms with van der Waals surface area (Å²) in [6.45, 7) is 10.4. The van der Waals surface area contributed by atoms with Gasteiger partial charge in [0.2, 0.25) is 0 Å². The molecule has 2 aromatic carbocycles. The van der Waals surface area contributed by atoms with Crippen LogP contribution < -0.4 is 4.74 Å². The highest BCUT2D eigenvalue weighted by Gasteiger charge is 2.45. The van der Waals surface area contributed by atoms with Crippen molar-refractivity contribution < 1.29 is 23.8 Å². The van der Waals surface area contributed by atoms with Gasteiger partial charge in [-0.3, -0.25) is 9.59 Å². The number of ketones is 1. The van der Waals surface area contributed by atoms with Gasteiger partial charge in [-0.25, -0.2) is 4.39 Å². The fourth-order valence-corrected chi connectivity index (χ4v) is 4.01. The number of ether oxygens (including phenoxy) is 1. The van der Waals surface area contributed by atoms with E-state index in [0.717, 1.165) is 13.1 Å². The number of nitrogens with zero attached hydrogens (tertiary/aromatic N) is 2. The van der Waals surface area contributed by atoms with E-state index in [1.807, 2.05) is 27.7 Å². The number of amides is 1. The molecule has 0 saturated carbocycles. The number of benzene rings is 2. The average molecular weight is 455 g/mol. The van der Waals surface area contributed by atoms with Gasteiger partial charge in [0, 0.05) is 18.7 Å². The third-order valence-electron chi connectivity index (χ3n) is 5.78. The van der Waals surface area contributed by atoms with E-state index in [9.17, 15) is 19.1 Å². The summed E-state index contributed by atoms with van der Waals surface area (Å²) in [5, 5.41) is 11.1. The number of hydrogen-bond donors (Lipinski definition) is 1. The molecule has 1 fully saturated rings. The molecule has 6 nitrogen and oxygen atoms in total. The van der Waals surface area contributed by atoms with E-state index in [-0.39, 0.29) is 17.4 Å². The summed E-state index contributed by atoms with van der Waals surface area (Å²) in [6.07, 6.45) is -0.000875. The first-order valence-electron chi connectivity index (χ1n) is 11.3. The van der Waals surface area contributed by atoms with E-state index in [1.54, 1.807) is 36.4 Å². The summed E-state index contributed by atoms with van der Waals surface area (Å²) in [5.74, 6) is -1.46. The number of hydrogen-bond acceptors (Lipinski definition) is 5. The zero-order chi connectivity index (χ0) is 24.1. The molecule has 1 saturated heterocycles. The highest BCUT2D eigenvalue weighted by atomic mass is 19.1. The van der Waals surface area contributed by atoms with E-state index < -0.39 is 23.5 Å². The molecule has 1 N–H and O–H groups in total. The maximum Gasteiger partial charge on any atom is 0.295 e. The van der Waals surface area contributed by atoms with Crippen molar-refractivity contribution in [1.29, 1.82) is 0 Å². The minimum absolute atomic E-state index is 0.000875. The molecule has 33 heavy (non-hydrogen) atoms. The fraction of sp³-hybridized carbons (Fsp3) is 0.385. The van der Waals surface area contributed by atoms with Crippen molar-refractivity contribution in [3.8, 4) is 5.75 Å². The molecule has 1 aliphatic heterocycles. The Balaban J connectivity index is 2.04. The van der Waals surface area contributed by atoms with Gasteiger partial charge in [0.25, 0.3) is 11.7 Å². The largest absolute Gasteiger partial charge is 0.507 e. The molecular weight excluding hydrogens is 423 g/mol. The van der Waals surface area contributed by atoms with Crippen molar-refractivity contribution in [1.82, 2.24) is 9.80 Å². The second kappa shape index (κ2) is 10.6. The number of likely N-dealkylation sites (N-methyl/N-ethyl adjacent to an activating group) is 1. The Morgan fingerprint density at radius 3 is 2.21 bits per heavy atom. The van der Waals surface area contributed by atoms with Crippen LogP contribution in [0.2, 0.25) is 0 Å². The first kappa shape index (κ1) is 24.5. The van der Waals surface area contributed by atoms with Crippen molar-refractivity contribution >= 4 is 17.4 Å². The van der Waals surface area contributed by atoms with E-state index in [1.165, 1.54) is 17.0 Å². The van der Waals surface area contributed by atoms with Gasteiger partial charge in [-0.1, -0.05) is 26.0 Å². The van der Waals surface area contributed by atoms with Crippen LogP contribution >= 0.6 is 0 Å². The third-order valence-corrected chi connectivity index (χ3v) is 5.78. The quantitative estimate of drug-likeness (QED) is 0.346. The van der Waals surface area contributed by atoms with Crippen LogP contribution in [0.15, 0.2) is 54.1 Å². The van der Waals surface area contributed by atoms with Gasteiger partial charge >= 0.3 is 0 Å². The molecule has 1 atom stereocenters. The maximum absolute atomic E-state index is 13.6. The first-order chi connectivity index (χ1) is 15.8. The number of aliphatic hydroxyl groups excluding tert-OH is 1. The Bertz CT molecular complexity index is 1010. The molecule has 0 bridgehead atoms. The van der Waals surface area contributed by atoms with E-state index >= 15 is 0 Å². The molecule has 0 aliphatic carbocycles. The Hall–Kier alpha value is -3.19. The first-order valence-corrected chi connectivity index (χ1v) is 11.3. The predicted octanol–water partition coefficient (Wildman–Crippen LogP) is 4.38. The average Bonchev–Trinajstić information content (AvgIpc) is 3.05. The van der Waals surface area contributed by atoms with Gasteiger partial charge in [0.05, 0.1) is 17.7 Å². The maximum atomic E-state index is 13.6. The zero-order valence-electron chi connectivity index (χ0n) is 19.5. The lowest BCUT2D eigenvalue weighted by molar-refractivity contribution is -0.140. The fourth-order valence-electron chi connectivity index (χ4n) is 4.01. The van der Waals surface area contributed by atoms with Gasteiger partial charge in [0.15, 0.2) is 0 Å². The zero-order valence-corrected chi connectivity index (χ0v) is 19.5. The lowest BCUT2D eigenvalue weighted by Gasteiger charge is -2.28. The summed E-state index contributed by atoms with van der Waals surface area (Å²) in [5.41, 5.74) is 0.972. The third kappa shape index (κ3) is 5.42. The molecule has 176 valence electrons. The summed E-state index contributed by atoms with van der Waals surface area (Å²) in [4.78, 5) is 29.7. The molecule has 0 unspecified atom stereocenters. The van der Waals surface area contributed by atoms with Crippen LogP contribution in [-0.4, -0.2) is 58.9 Å². The van der Waals surface area contributed by atoms with Crippen molar-refractivity contribution in [2.75, 3.05) is 26.2 Å². The van der Waals surface area contributed by atoms with Crippen LogP contribution in [0.5, 0.6) is 5.75 Å². The SMILES string of the molecule is CCN(CC)CCN1C(=O)C(=O)/C(=C(/O)c2ccc(OC(C)C)cc2)[C@H]1c1ccc(F)cc1. The monoisotopic (exact) mass is 454 g/mol. The summed E-state index contributed by atoms with van der Waals surface area (Å²) < 4.78 is 19.2. The van der Waals surface area contributed by atoms with Crippen molar-refractivity contribution in [2.24, 2.45) is 0 Å². The second-order valence-electron chi connectivity index (χ2n) is 8.26. The number of likely N-dealkylation sites (tertiary alicyclic amines) is 1. The Morgan fingerprint density at radius 1 is 1.06 bits per heavy atom. The minimum atomic E-state index is -0.798. The Morgan fingerprint density at radius 2 is 1.67 bits per heavy atom. The van der Waals surface area contributed by atoms with Crippen LogP contribution in [0.25, 0.3) is 5.76 Å². The smallest absolute Gasteiger partial charge is 0.295 e. The number of carbonyl (C=O) groups excluding carboxylic acids is 2. The Labute approximate surface area is 194 Å². The molecule has 2 aromatic rings. The molecule has 0 aromatic heterocycles. The van der Waals surface area contributed by atoms with Crippen molar-refractivity contribution in [2.45, 2.75) is 39.8 Å². The van der Waals surface area contributed by atoms with Gasteiger partial charge in [-0.15, -0.1) is 0 Å². The van der Waals surface area contributed by atoms with Crippen LogP contribution in [0.4, 0.5) is 4.39 Å². The molecule has 1 amide bonds. The van der Waals surface area contributed by atoms with E-state index in [2.05, 4.69) is 4.90 Å². The van der Waals surface area contributed by atoms with Crippen molar-refractivity contribution in [3.05, 3.63) is 71.0 Å². The molecule has 0 spiro atoms. The molecular formula is C26H31FN2O4. The van der Waals surface area contributed by atoms with Gasteiger partial charge < -0.3 is 19.6 Å². The van der Waals surface area contributed by atoms with Crippen LogP contribution in [0.3, 0.4) is 0 Å². The molecule has 7 heteroatoms. The van der Waals surface area contributed by atoms with Gasteiger partial charge in [-0.2, -0.15) is 0 Å². The number of carbonyl (C=O) groups is 2. The number of halogens is 1.